The molecule has 148 valence electrons. The molecule has 1 N–H and O–H groups in total. The third-order valence-corrected chi connectivity index (χ3v) is 5.99. The van der Waals surface area contributed by atoms with Crippen molar-refractivity contribution >= 4 is 17.3 Å². The Morgan fingerprint density at radius 1 is 1.15 bits per heavy atom. The minimum atomic E-state index is -0.374. The monoisotopic (exact) mass is 375 g/mol. The van der Waals surface area contributed by atoms with Crippen molar-refractivity contribution in [2.45, 2.75) is 33.2 Å². The Morgan fingerprint density at radius 3 is 2.22 bits per heavy atom. The minimum absolute atomic E-state index is 0.0125. The van der Waals surface area contributed by atoms with Crippen molar-refractivity contribution in [2.75, 3.05) is 44.2 Å². The van der Waals surface area contributed by atoms with Crippen molar-refractivity contribution in [3.05, 3.63) is 34.4 Å². The van der Waals surface area contributed by atoms with Gasteiger partial charge in [0, 0.05) is 30.9 Å². The zero-order valence-electron chi connectivity index (χ0n) is 16.6. The maximum atomic E-state index is 13.0. The van der Waals surface area contributed by atoms with Gasteiger partial charge < -0.3 is 14.7 Å². The van der Waals surface area contributed by atoms with Gasteiger partial charge in [-0.2, -0.15) is 0 Å². The highest BCUT2D eigenvalue weighted by Gasteiger charge is 2.34. The van der Waals surface area contributed by atoms with Crippen LogP contribution in [-0.2, 0) is 4.79 Å². The number of hydrogen-bond acceptors (Lipinski definition) is 4. The number of benzene rings is 1. The van der Waals surface area contributed by atoms with Crippen LogP contribution in [0.2, 0.25) is 0 Å². The lowest BCUT2D eigenvalue weighted by molar-refractivity contribution is -0.915. The number of anilines is 1. The Balaban J connectivity index is 1.55. The number of carbonyl (C=O) groups is 1. The van der Waals surface area contributed by atoms with Crippen LogP contribution in [0.1, 0.15) is 27.2 Å². The van der Waals surface area contributed by atoms with Crippen LogP contribution in [0.25, 0.3) is 0 Å². The highest BCUT2D eigenvalue weighted by molar-refractivity contribution is 5.80. The highest BCUT2D eigenvalue weighted by Crippen LogP contribution is 2.22. The van der Waals surface area contributed by atoms with Gasteiger partial charge in [-0.3, -0.25) is 14.9 Å². The number of non-ortho nitro benzene ring substituents is 1. The quantitative estimate of drug-likeness (QED) is 0.634. The van der Waals surface area contributed by atoms with Crippen molar-refractivity contribution in [1.82, 2.24) is 4.90 Å². The number of nitrogens with one attached hydrogen (secondary N) is 1. The second kappa shape index (κ2) is 8.25. The summed E-state index contributed by atoms with van der Waals surface area (Å²) < 4.78 is 0. The van der Waals surface area contributed by atoms with E-state index in [1.54, 1.807) is 12.1 Å². The molecule has 1 aromatic carbocycles. The number of likely N-dealkylation sites (tertiary alicyclic amines) is 1. The number of nitro groups is 1. The summed E-state index contributed by atoms with van der Waals surface area (Å²) in [7, 11) is 0. The number of rotatable bonds is 4. The van der Waals surface area contributed by atoms with Gasteiger partial charge in [-0.1, -0.05) is 13.8 Å². The molecule has 1 aromatic rings. The van der Waals surface area contributed by atoms with Crippen LogP contribution in [0, 0.1) is 22.0 Å². The molecule has 2 aliphatic rings. The Labute approximate surface area is 161 Å². The van der Waals surface area contributed by atoms with E-state index in [1.165, 1.54) is 11.3 Å². The molecule has 2 fully saturated rings. The van der Waals surface area contributed by atoms with Crippen LogP contribution in [-0.4, -0.2) is 61.0 Å². The minimum Gasteiger partial charge on any atom is -0.360 e. The third-order valence-electron chi connectivity index (χ3n) is 5.99. The van der Waals surface area contributed by atoms with Gasteiger partial charge in [0.2, 0.25) is 0 Å². The zero-order valence-corrected chi connectivity index (χ0v) is 16.6. The lowest BCUT2D eigenvalue weighted by atomic mass is 9.91. The molecule has 0 radical (unpaired) electrons. The molecule has 2 heterocycles. The fraction of sp³-hybridized carbons (Fsp3) is 0.650. The van der Waals surface area contributed by atoms with Crippen molar-refractivity contribution in [3.63, 3.8) is 0 Å². The Bertz CT molecular complexity index is 660. The number of nitrogens with zero attached hydrogens (tertiary/aromatic N) is 3. The van der Waals surface area contributed by atoms with Crippen LogP contribution in [0.5, 0.6) is 0 Å². The summed E-state index contributed by atoms with van der Waals surface area (Å²) in [4.78, 5) is 29.0. The number of piperazine rings is 1. The van der Waals surface area contributed by atoms with E-state index in [1.807, 2.05) is 12.1 Å². The largest absolute Gasteiger partial charge is 0.360 e. The molecule has 27 heavy (non-hydrogen) atoms. The average molecular weight is 375 g/mol. The van der Waals surface area contributed by atoms with Crippen LogP contribution >= 0.6 is 0 Å². The smallest absolute Gasteiger partial charge is 0.280 e. The Kier molecular flexibility index (Phi) is 5.99. The molecule has 0 saturated carbocycles. The molecule has 0 unspecified atom stereocenters. The summed E-state index contributed by atoms with van der Waals surface area (Å²) in [6.07, 6.45) is 1.21. The predicted octanol–water partition coefficient (Wildman–Crippen LogP) is 1.19. The summed E-state index contributed by atoms with van der Waals surface area (Å²) in [6.45, 7) is 11.8. The van der Waals surface area contributed by atoms with Crippen molar-refractivity contribution in [2.24, 2.45) is 11.8 Å². The molecule has 7 nitrogen and oxygen atoms in total. The first-order valence-electron chi connectivity index (χ1n) is 9.98. The van der Waals surface area contributed by atoms with Gasteiger partial charge in [0.25, 0.3) is 11.6 Å². The van der Waals surface area contributed by atoms with E-state index in [2.05, 4.69) is 30.6 Å². The number of piperidine rings is 1. The van der Waals surface area contributed by atoms with E-state index in [-0.39, 0.29) is 22.6 Å². The molecule has 0 aliphatic carbocycles. The molecule has 2 saturated heterocycles. The summed E-state index contributed by atoms with van der Waals surface area (Å²) in [5, 5.41) is 10.8. The van der Waals surface area contributed by atoms with E-state index in [0.29, 0.717) is 11.8 Å². The second-order valence-electron chi connectivity index (χ2n) is 8.33. The van der Waals surface area contributed by atoms with Crippen molar-refractivity contribution < 1.29 is 14.6 Å². The Hall–Kier alpha value is -2.15. The summed E-state index contributed by atoms with van der Waals surface area (Å²) >= 11 is 0. The molecular formula is C20H31N4O3+. The molecule has 3 atom stereocenters. The first kappa shape index (κ1) is 19.6. The number of carbonyl (C=O) groups excluding carboxylic acids is 1. The van der Waals surface area contributed by atoms with Gasteiger partial charge >= 0.3 is 0 Å². The van der Waals surface area contributed by atoms with E-state index in [9.17, 15) is 14.9 Å². The fourth-order valence-corrected chi connectivity index (χ4v) is 4.56. The highest BCUT2D eigenvalue weighted by atomic mass is 16.6. The second-order valence-corrected chi connectivity index (χ2v) is 8.33. The third kappa shape index (κ3) is 4.58. The summed E-state index contributed by atoms with van der Waals surface area (Å²) in [5.41, 5.74) is 1.13. The number of amides is 1. The first-order valence-corrected chi connectivity index (χ1v) is 9.98. The van der Waals surface area contributed by atoms with E-state index in [0.717, 1.165) is 45.0 Å². The van der Waals surface area contributed by atoms with Crippen LogP contribution in [0.15, 0.2) is 24.3 Å². The normalized spacial score (nSPS) is 25.3. The maximum absolute atomic E-state index is 13.0. The SMILES string of the molecule is C[C@@H]1C[C@H](C)CN(C(=O)[C@@H](C)[NH+]2CCN(c3ccc([N+](=O)[O-])cc3)CC2)C1. The molecule has 0 bridgehead atoms. The van der Waals surface area contributed by atoms with Crippen molar-refractivity contribution in [1.29, 1.82) is 0 Å². The van der Waals surface area contributed by atoms with E-state index < -0.39 is 0 Å². The topological polar surface area (TPSA) is 71.1 Å². The molecule has 3 rings (SSSR count). The summed E-state index contributed by atoms with van der Waals surface area (Å²) in [5.74, 6) is 1.45. The first-order chi connectivity index (χ1) is 12.8. The van der Waals surface area contributed by atoms with E-state index in [4.69, 9.17) is 0 Å². The van der Waals surface area contributed by atoms with Gasteiger partial charge in [0.05, 0.1) is 31.1 Å². The average Bonchev–Trinajstić information content (AvgIpc) is 2.66. The number of hydrogen-bond donors (Lipinski definition) is 1. The van der Waals surface area contributed by atoms with Gasteiger partial charge in [0.15, 0.2) is 6.04 Å². The molecular weight excluding hydrogens is 344 g/mol. The van der Waals surface area contributed by atoms with Crippen LogP contribution in [0.3, 0.4) is 0 Å². The van der Waals surface area contributed by atoms with Gasteiger partial charge in [-0.25, -0.2) is 0 Å². The maximum Gasteiger partial charge on any atom is 0.280 e. The lowest BCUT2D eigenvalue weighted by Gasteiger charge is -2.40. The van der Waals surface area contributed by atoms with Crippen molar-refractivity contribution in [3.8, 4) is 0 Å². The molecule has 7 heteroatoms. The number of quaternary nitrogens is 1. The van der Waals surface area contributed by atoms with Gasteiger partial charge in [-0.15, -0.1) is 0 Å². The van der Waals surface area contributed by atoms with E-state index >= 15 is 0 Å². The molecule has 0 spiro atoms. The Morgan fingerprint density at radius 2 is 1.70 bits per heavy atom. The van der Waals surface area contributed by atoms with Gasteiger partial charge in [0.1, 0.15) is 0 Å². The zero-order chi connectivity index (χ0) is 19.6. The van der Waals surface area contributed by atoms with Crippen LogP contribution in [0.4, 0.5) is 11.4 Å². The standard InChI is InChI=1S/C20H30N4O3/c1-15-12-16(2)14-23(13-15)20(25)17(3)21-8-10-22(11-9-21)18-4-6-19(7-5-18)24(26)27/h4-7,15-17H,8-14H2,1-3H3/p+1/t15-,16+,17-/m1/s1. The molecule has 1 amide bonds. The fourth-order valence-electron chi connectivity index (χ4n) is 4.56. The van der Waals surface area contributed by atoms with Crippen LogP contribution < -0.4 is 9.80 Å². The predicted molar refractivity (Wildman–Crippen MR) is 105 cm³/mol. The van der Waals surface area contributed by atoms with Gasteiger partial charge in [-0.05, 0) is 37.3 Å². The number of nitro benzene ring substituents is 1. The summed E-state index contributed by atoms with van der Waals surface area (Å²) in [6, 6.07) is 6.72. The lowest BCUT2D eigenvalue weighted by Crippen LogP contribution is -3.19. The molecule has 0 aromatic heterocycles. The molecule has 2 aliphatic heterocycles.